The van der Waals surface area contributed by atoms with Gasteiger partial charge in [0.05, 0.1) is 11.5 Å². The summed E-state index contributed by atoms with van der Waals surface area (Å²) in [6.07, 6.45) is 12.9. The van der Waals surface area contributed by atoms with Crippen LogP contribution in [0, 0.1) is 11.3 Å². The molecule has 0 aliphatic heterocycles. The number of carboxylic acid groups (broad SMARTS) is 1. The van der Waals surface area contributed by atoms with Crippen molar-refractivity contribution in [1.29, 1.82) is 0 Å². The van der Waals surface area contributed by atoms with Crippen LogP contribution in [-0.4, -0.2) is 22.3 Å². The molecule has 0 aromatic carbocycles. The highest BCUT2D eigenvalue weighted by atomic mass is 16.4. The van der Waals surface area contributed by atoms with Crippen molar-refractivity contribution in [3.8, 4) is 0 Å². The zero-order valence-corrected chi connectivity index (χ0v) is 12.6. The van der Waals surface area contributed by atoms with Gasteiger partial charge < -0.3 is 10.2 Å². The summed E-state index contributed by atoms with van der Waals surface area (Å²) in [5.41, 5.74) is -0.654. The number of hydrogen-bond acceptors (Lipinski definition) is 2. The van der Waals surface area contributed by atoms with Crippen LogP contribution in [0.15, 0.2) is 0 Å². The number of rotatable bonds is 5. The molecule has 2 fully saturated rings. The zero-order valence-electron chi connectivity index (χ0n) is 12.6. The van der Waals surface area contributed by atoms with Crippen molar-refractivity contribution in [2.75, 3.05) is 0 Å². The van der Waals surface area contributed by atoms with E-state index in [2.05, 4.69) is 0 Å². The third-order valence-electron chi connectivity index (χ3n) is 5.47. The Morgan fingerprint density at radius 3 is 2.10 bits per heavy atom. The summed E-state index contributed by atoms with van der Waals surface area (Å²) in [5.74, 6) is -0.0470. The van der Waals surface area contributed by atoms with Crippen LogP contribution in [0.2, 0.25) is 0 Å². The lowest BCUT2D eigenvalue weighted by Crippen LogP contribution is -2.36. The summed E-state index contributed by atoms with van der Waals surface area (Å²) in [6, 6.07) is 0. The van der Waals surface area contributed by atoms with E-state index in [9.17, 15) is 15.0 Å². The maximum absolute atomic E-state index is 11.8. The fraction of sp³-hybridized carbons (Fsp3) is 0.941. The summed E-state index contributed by atoms with van der Waals surface area (Å²) in [6.45, 7) is 0. The van der Waals surface area contributed by atoms with Gasteiger partial charge >= 0.3 is 5.97 Å². The average molecular weight is 282 g/mol. The van der Waals surface area contributed by atoms with Crippen molar-refractivity contribution in [2.24, 2.45) is 11.3 Å². The summed E-state index contributed by atoms with van der Waals surface area (Å²) in [5, 5.41) is 20.1. The minimum absolute atomic E-state index is 0.423. The van der Waals surface area contributed by atoms with Gasteiger partial charge in [0, 0.05) is 0 Å². The molecule has 0 radical (unpaired) electrons. The van der Waals surface area contributed by atoms with E-state index in [1.165, 1.54) is 32.1 Å². The Bertz CT molecular complexity index is 299. The van der Waals surface area contributed by atoms with E-state index in [0.717, 1.165) is 44.9 Å². The Labute approximate surface area is 122 Å². The lowest BCUT2D eigenvalue weighted by Gasteiger charge is -2.33. The Morgan fingerprint density at radius 2 is 1.55 bits per heavy atom. The van der Waals surface area contributed by atoms with Crippen molar-refractivity contribution in [1.82, 2.24) is 0 Å². The van der Waals surface area contributed by atoms with Crippen molar-refractivity contribution in [3.63, 3.8) is 0 Å². The van der Waals surface area contributed by atoms with Crippen molar-refractivity contribution >= 4 is 5.97 Å². The molecule has 0 aromatic rings. The van der Waals surface area contributed by atoms with Crippen molar-refractivity contribution in [2.45, 2.75) is 89.6 Å². The molecule has 2 saturated carbocycles. The fourth-order valence-electron chi connectivity index (χ4n) is 4.25. The molecule has 116 valence electrons. The monoisotopic (exact) mass is 282 g/mol. The van der Waals surface area contributed by atoms with Gasteiger partial charge in [0.1, 0.15) is 0 Å². The zero-order chi connectivity index (χ0) is 14.4. The third-order valence-corrected chi connectivity index (χ3v) is 5.47. The van der Waals surface area contributed by atoms with Crippen LogP contribution in [-0.2, 0) is 4.79 Å². The summed E-state index contributed by atoms with van der Waals surface area (Å²) in [7, 11) is 0. The molecule has 20 heavy (non-hydrogen) atoms. The predicted octanol–water partition coefficient (Wildman–Crippen LogP) is 4.13. The van der Waals surface area contributed by atoms with E-state index in [4.69, 9.17) is 0 Å². The molecule has 3 heteroatoms. The smallest absolute Gasteiger partial charge is 0.309 e. The van der Waals surface area contributed by atoms with Gasteiger partial charge in [-0.3, -0.25) is 4.79 Å². The molecule has 1 atom stereocenters. The minimum atomic E-state index is -0.676. The van der Waals surface area contributed by atoms with Crippen LogP contribution in [0.5, 0.6) is 0 Å². The molecule has 0 heterocycles. The molecular weight excluding hydrogens is 252 g/mol. The van der Waals surface area contributed by atoms with E-state index in [-0.39, 0.29) is 0 Å². The van der Waals surface area contributed by atoms with Crippen LogP contribution >= 0.6 is 0 Å². The highest BCUT2D eigenvalue weighted by molar-refractivity contribution is 5.74. The molecular formula is C17H30O3. The van der Waals surface area contributed by atoms with E-state index < -0.39 is 17.5 Å². The molecule has 0 spiro atoms. The van der Waals surface area contributed by atoms with Gasteiger partial charge in [0.25, 0.3) is 0 Å². The second kappa shape index (κ2) is 7.44. The Morgan fingerprint density at radius 1 is 1.00 bits per heavy atom. The topological polar surface area (TPSA) is 57.5 Å². The van der Waals surface area contributed by atoms with E-state index >= 15 is 0 Å². The molecule has 2 aliphatic rings. The average Bonchev–Trinajstić information content (AvgIpc) is 2.85. The normalized spacial score (nSPS) is 25.9. The van der Waals surface area contributed by atoms with Gasteiger partial charge in [-0.15, -0.1) is 0 Å². The molecule has 0 saturated heterocycles. The summed E-state index contributed by atoms with van der Waals surface area (Å²) in [4.78, 5) is 11.8. The highest BCUT2D eigenvalue weighted by Crippen LogP contribution is 2.40. The number of aliphatic hydroxyl groups excluding tert-OH is 1. The summed E-state index contributed by atoms with van der Waals surface area (Å²) < 4.78 is 0. The van der Waals surface area contributed by atoms with Crippen LogP contribution in [0.3, 0.4) is 0 Å². The maximum Gasteiger partial charge on any atom is 0.309 e. The molecule has 0 aromatic heterocycles. The molecule has 2 rings (SSSR count). The quantitative estimate of drug-likeness (QED) is 0.797. The first-order valence-corrected chi connectivity index (χ1v) is 8.54. The first-order chi connectivity index (χ1) is 9.62. The second-order valence-corrected chi connectivity index (χ2v) is 7.10. The maximum atomic E-state index is 11.8. The largest absolute Gasteiger partial charge is 0.481 e. The Balaban J connectivity index is 1.93. The first kappa shape index (κ1) is 15.8. The van der Waals surface area contributed by atoms with E-state index in [1.807, 2.05) is 0 Å². The number of aliphatic carboxylic acids is 1. The lowest BCUT2D eigenvalue weighted by molar-refractivity contribution is -0.153. The van der Waals surface area contributed by atoms with Crippen molar-refractivity contribution in [3.05, 3.63) is 0 Å². The number of hydrogen-bond donors (Lipinski definition) is 2. The Kier molecular flexibility index (Phi) is 5.88. The molecule has 0 bridgehead atoms. The molecule has 1 unspecified atom stereocenters. The van der Waals surface area contributed by atoms with Crippen LogP contribution in [0.1, 0.15) is 83.5 Å². The highest BCUT2D eigenvalue weighted by Gasteiger charge is 2.40. The molecule has 2 aliphatic carbocycles. The van der Waals surface area contributed by atoms with Gasteiger partial charge in [-0.05, 0) is 31.6 Å². The minimum Gasteiger partial charge on any atom is -0.481 e. The number of carboxylic acids is 1. The fourth-order valence-corrected chi connectivity index (χ4v) is 4.25. The van der Waals surface area contributed by atoms with Crippen LogP contribution < -0.4 is 0 Å². The van der Waals surface area contributed by atoms with Crippen molar-refractivity contribution < 1.29 is 15.0 Å². The third kappa shape index (κ3) is 4.21. The van der Waals surface area contributed by atoms with Gasteiger partial charge in [-0.1, -0.05) is 57.8 Å². The molecule has 0 amide bonds. The Hall–Kier alpha value is -0.570. The van der Waals surface area contributed by atoms with Gasteiger partial charge in [0.15, 0.2) is 0 Å². The number of aliphatic hydroxyl groups is 1. The van der Waals surface area contributed by atoms with E-state index in [0.29, 0.717) is 12.3 Å². The number of carbonyl (C=O) groups is 1. The standard InChI is InChI=1S/C17H30O3/c18-15(12-14-8-4-5-9-14)13-17(16(19)20)10-6-2-1-3-7-11-17/h14-15,18H,1-13H2,(H,19,20). The molecule has 2 N–H and O–H groups in total. The second-order valence-electron chi connectivity index (χ2n) is 7.10. The van der Waals surface area contributed by atoms with Gasteiger partial charge in [-0.2, -0.15) is 0 Å². The van der Waals surface area contributed by atoms with Gasteiger partial charge in [-0.25, -0.2) is 0 Å². The molecule has 3 nitrogen and oxygen atoms in total. The predicted molar refractivity (Wildman–Crippen MR) is 79.6 cm³/mol. The van der Waals surface area contributed by atoms with Gasteiger partial charge in [0.2, 0.25) is 0 Å². The first-order valence-electron chi connectivity index (χ1n) is 8.54. The lowest BCUT2D eigenvalue weighted by atomic mass is 9.71. The van der Waals surface area contributed by atoms with Crippen LogP contribution in [0.25, 0.3) is 0 Å². The summed E-state index contributed by atoms with van der Waals surface area (Å²) >= 11 is 0. The van der Waals surface area contributed by atoms with E-state index in [1.54, 1.807) is 0 Å². The SMILES string of the molecule is O=C(O)C1(CC(O)CC2CCCC2)CCCCCCC1. The van der Waals surface area contributed by atoms with Crippen LogP contribution in [0.4, 0.5) is 0 Å².